The van der Waals surface area contributed by atoms with Crippen molar-refractivity contribution in [2.75, 3.05) is 0 Å². The molecule has 0 fully saturated rings. The summed E-state index contributed by atoms with van der Waals surface area (Å²) in [6, 6.07) is 76.5. The summed E-state index contributed by atoms with van der Waals surface area (Å²) < 4.78 is 50.1. The highest BCUT2D eigenvalue weighted by Crippen LogP contribution is 2.47. The van der Waals surface area contributed by atoms with Gasteiger partial charge in [0.1, 0.15) is 0 Å². The Morgan fingerprint density at radius 2 is 0.522 bits per heavy atom. The second-order valence-corrected chi connectivity index (χ2v) is 21.5. The molecule has 0 saturated carbocycles. The molecule has 0 bridgehead atoms. The van der Waals surface area contributed by atoms with Crippen LogP contribution in [0.5, 0.6) is 0 Å². The highest BCUT2D eigenvalue weighted by molar-refractivity contribution is 6.14. The fraction of sp³-hybridized carbons (Fsp3) is 0.0130. The summed E-state index contributed by atoms with van der Waals surface area (Å²) in [4.78, 5) is 0. The number of nitriles is 10. The highest BCUT2D eigenvalue weighted by Gasteiger charge is 2.35. The molecule has 0 aliphatic rings. The molecule has 0 aliphatic heterocycles. The average molecular weight is 1180 g/mol. The Kier molecular flexibility index (Phi) is 13.9. The summed E-state index contributed by atoms with van der Waals surface area (Å²) in [6.07, 6.45) is -4.92. The van der Waals surface area contributed by atoms with Crippen LogP contribution in [0, 0.1) is 113 Å². The third kappa shape index (κ3) is 9.52. The van der Waals surface area contributed by atoms with E-state index in [1.165, 1.54) is 36.4 Å². The van der Waals surface area contributed by atoms with Crippen molar-refractivity contribution in [2.24, 2.45) is 0 Å². The molecule has 0 unspecified atom stereocenters. The third-order valence-corrected chi connectivity index (χ3v) is 16.5. The molecule has 13 aromatic rings. The predicted molar refractivity (Wildman–Crippen MR) is 340 cm³/mol. The van der Waals surface area contributed by atoms with Gasteiger partial charge in [-0.15, -0.1) is 0 Å². The molecule has 0 spiro atoms. The van der Waals surface area contributed by atoms with Crippen LogP contribution in [0.1, 0.15) is 61.2 Å². The Labute approximate surface area is 522 Å². The second kappa shape index (κ2) is 22.5. The van der Waals surface area contributed by atoms with Gasteiger partial charge < -0.3 is 9.13 Å². The van der Waals surface area contributed by atoms with E-state index in [1.54, 1.807) is 97.1 Å². The number of hydrogen-bond donors (Lipinski definition) is 0. The molecule has 12 nitrogen and oxygen atoms in total. The van der Waals surface area contributed by atoms with Crippen molar-refractivity contribution in [3.05, 3.63) is 261 Å². The standard InChI is InChI=1S/C77H33F3N12/c78-77(79,80)70-28-49(39-86)5-16-63(70)54-7-17-64(76(33-54)92-74-21-10-52(61-14-3-46(36-83)25-57(61)42-89)31-68(74)69-32-53(11-22-75(69)92)62-15-4-47(37-84)26-58(62)43-90)65-27-48(38-85)6-18-71(65)91-72-19-8-50(59-12-1-44(34-81)23-55(59)40-87)29-66(72)67-30-51(9-20-73(67)91)60-13-2-45(35-82)24-56(60)41-88/h1-33H. The second-order valence-electron chi connectivity index (χ2n) is 21.5. The van der Waals surface area contributed by atoms with Crippen molar-refractivity contribution < 1.29 is 13.2 Å². The average Bonchev–Trinajstić information content (AvgIpc) is 1.59. The van der Waals surface area contributed by atoms with Crippen molar-refractivity contribution in [3.63, 3.8) is 0 Å². The van der Waals surface area contributed by atoms with E-state index in [1.807, 2.05) is 75.9 Å². The van der Waals surface area contributed by atoms with Gasteiger partial charge in [-0.25, -0.2) is 0 Å². The van der Waals surface area contributed by atoms with Crippen LogP contribution in [-0.4, -0.2) is 9.13 Å². The summed E-state index contributed by atoms with van der Waals surface area (Å²) in [5, 5.41) is 104. The van der Waals surface area contributed by atoms with Crippen LogP contribution in [0.3, 0.4) is 0 Å². The molecule has 0 aliphatic carbocycles. The fourth-order valence-corrected chi connectivity index (χ4v) is 12.3. The van der Waals surface area contributed by atoms with Crippen LogP contribution in [-0.2, 0) is 6.18 Å². The largest absolute Gasteiger partial charge is 0.417 e. The molecule has 92 heavy (non-hydrogen) atoms. The van der Waals surface area contributed by atoms with E-state index in [4.69, 9.17) is 0 Å². The summed E-state index contributed by atoms with van der Waals surface area (Å²) in [5.74, 6) is 0. The lowest BCUT2D eigenvalue weighted by atomic mass is 9.92. The monoisotopic (exact) mass is 1180 g/mol. The topological polar surface area (TPSA) is 248 Å². The quantitative estimate of drug-likeness (QED) is 0.139. The van der Waals surface area contributed by atoms with Gasteiger partial charge in [0.25, 0.3) is 0 Å². The van der Waals surface area contributed by atoms with Gasteiger partial charge in [-0.05, 0) is 189 Å². The van der Waals surface area contributed by atoms with Gasteiger partial charge >= 0.3 is 6.18 Å². The lowest BCUT2D eigenvalue weighted by molar-refractivity contribution is -0.137. The van der Waals surface area contributed by atoms with Crippen molar-refractivity contribution in [1.29, 1.82) is 52.6 Å². The summed E-state index contributed by atoms with van der Waals surface area (Å²) in [7, 11) is 0. The van der Waals surface area contributed by atoms with Crippen LogP contribution in [0.4, 0.5) is 13.2 Å². The molecule has 13 rings (SSSR count). The fourth-order valence-electron chi connectivity index (χ4n) is 12.3. The van der Waals surface area contributed by atoms with Gasteiger partial charge in [-0.1, -0.05) is 66.7 Å². The molecule has 2 heterocycles. The van der Waals surface area contributed by atoms with Gasteiger partial charge in [0.15, 0.2) is 0 Å². The lowest BCUT2D eigenvalue weighted by Crippen LogP contribution is -2.08. The van der Waals surface area contributed by atoms with Gasteiger partial charge in [0, 0.05) is 32.7 Å². The number of rotatable bonds is 8. The van der Waals surface area contributed by atoms with Crippen LogP contribution in [0.2, 0.25) is 0 Å². The van der Waals surface area contributed by atoms with Crippen molar-refractivity contribution in [2.45, 2.75) is 6.18 Å². The maximum absolute atomic E-state index is 15.4. The van der Waals surface area contributed by atoms with Crippen LogP contribution >= 0.6 is 0 Å². The van der Waals surface area contributed by atoms with E-state index < -0.39 is 11.7 Å². The van der Waals surface area contributed by atoms with Gasteiger partial charge in [-0.3, -0.25) is 0 Å². The van der Waals surface area contributed by atoms with Gasteiger partial charge in [0.05, 0.1) is 155 Å². The number of alkyl halides is 3. The maximum atomic E-state index is 15.4. The molecule has 0 N–H and O–H groups in total. The Morgan fingerprint density at radius 1 is 0.239 bits per heavy atom. The summed E-state index contributed by atoms with van der Waals surface area (Å²) >= 11 is 0. The van der Waals surface area contributed by atoms with E-state index in [-0.39, 0.29) is 55.6 Å². The smallest absolute Gasteiger partial charge is 0.309 e. The molecule has 0 radical (unpaired) electrons. The van der Waals surface area contributed by atoms with E-state index in [0.717, 1.165) is 6.07 Å². The Bertz CT molecular complexity index is 5640. The SMILES string of the molecule is N#Cc1ccc(-c2ccc3c(c2)c2cc(-c4ccc(C#N)cc4C#N)ccc2n3-c2ccc(C#N)cc2-c2ccc(-c3ccc(C#N)cc3C(F)(F)F)cc2-n2c3ccc(-c4ccc(C#N)cc4C#N)cc3c3cc(-c4ccc(C#N)cc4C#N)ccc32)c(C#N)c1. The Hall–Kier alpha value is -14.3. The number of nitrogens with zero attached hydrogens (tertiary/aromatic N) is 12. The molecule has 422 valence electrons. The van der Waals surface area contributed by atoms with Crippen LogP contribution in [0.25, 0.3) is 122 Å². The lowest BCUT2D eigenvalue weighted by Gasteiger charge is -2.21. The number of aromatic nitrogens is 2. The van der Waals surface area contributed by atoms with E-state index in [9.17, 15) is 52.6 Å². The first-order valence-corrected chi connectivity index (χ1v) is 28.0. The first-order chi connectivity index (χ1) is 44.7. The van der Waals surface area contributed by atoms with E-state index in [0.29, 0.717) is 122 Å². The molecule has 0 atom stereocenters. The molecule has 11 aromatic carbocycles. The number of fused-ring (bicyclic) bond motifs is 6. The van der Waals surface area contributed by atoms with Gasteiger partial charge in [-0.2, -0.15) is 65.8 Å². The number of hydrogen-bond acceptors (Lipinski definition) is 10. The van der Waals surface area contributed by atoms with Crippen molar-refractivity contribution >= 4 is 43.6 Å². The minimum absolute atomic E-state index is 0.116. The normalized spacial score (nSPS) is 10.9. The summed E-state index contributed by atoms with van der Waals surface area (Å²) in [6.45, 7) is 0. The zero-order chi connectivity index (χ0) is 64.1. The number of benzene rings is 11. The third-order valence-electron chi connectivity index (χ3n) is 16.5. The minimum Gasteiger partial charge on any atom is -0.309 e. The molecular weight excluding hydrogens is 1150 g/mol. The Morgan fingerprint density at radius 3 is 0.859 bits per heavy atom. The summed E-state index contributed by atoms with van der Waals surface area (Å²) in [5.41, 5.74) is 9.67. The Balaban J connectivity index is 1.14. The van der Waals surface area contributed by atoms with E-state index >= 15 is 13.2 Å². The molecule has 15 heteroatoms. The maximum Gasteiger partial charge on any atom is 0.417 e. The molecule has 0 amide bonds. The van der Waals surface area contributed by atoms with Crippen molar-refractivity contribution in [3.8, 4) is 139 Å². The minimum atomic E-state index is -4.92. The van der Waals surface area contributed by atoms with Crippen molar-refractivity contribution in [1.82, 2.24) is 9.13 Å². The predicted octanol–water partition coefficient (Wildman–Crippen LogP) is 17.6. The molecule has 0 saturated heterocycles. The number of halogens is 3. The molecular formula is C77H33F3N12. The first-order valence-electron chi connectivity index (χ1n) is 28.0. The molecule has 2 aromatic heterocycles. The van der Waals surface area contributed by atoms with Gasteiger partial charge in [0.2, 0.25) is 0 Å². The highest BCUT2D eigenvalue weighted by atomic mass is 19.4. The van der Waals surface area contributed by atoms with E-state index in [2.05, 4.69) is 54.6 Å². The first kappa shape index (κ1) is 56.8. The van der Waals surface area contributed by atoms with Crippen LogP contribution < -0.4 is 0 Å². The van der Waals surface area contributed by atoms with Crippen LogP contribution in [0.15, 0.2) is 200 Å². The zero-order valence-corrected chi connectivity index (χ0v) is 47.6. The zero-order valence-electron chi connectivity index (χ0n) is 47.6.